The normalized spacial score (nSPS) is 12.0. The molecule has 0 fully saturated rings. The van der Waals surface area contributed by atoms with Gasteiger partial charge in [-0.05, 0) is 36.9 Å². The van der Waals surface area contributed by atoms with Gasteiger partial charge in [-0.1, -0.05) is 13.8 Å². The van der Waals surface area contributed by atoms with Crippen LogP contribution in [0, 0.1) is 6.92 Å². The van der Waals surface area contributed by atoms with Crippen LogP contribution in [0.2, 0.25) is 0 Å². The van der Waals surface area contributed by atoms with Gasteiger partial charge in [0, 0.05) is 10.8 Å². The van der Waals surface area contributed by atoms with Gasteiger partial charge in [0.25, 0.3) is 0 Å². The zero-order valence-corrected chi connectivity index (χ0v) is 12.1. The predicted octanol–water partition coefficient (Wildman–Crippen LogP) is 3.81. The number of nitrogens with two attached hydrogens (primary N) is 1. The molecule has 0 spiro atoms. The molecular weight excluding hydrogens is 248 g/mol. The molecule has 0 saturated heterocycles. The molecule has 2 nitrogen and oxygen atoms in total. The lowest BCUT2D eigenvalue weighted by Gasteiger charge is -2.21. The van der Waals surface area contributed by atoms with Crippen molar-refractivity contribution in [2.24, 2.45) is 5.73 Å². The van der Waals surface area contributed by atoms with Crippen LogP contribution in [0.5, 0.6) is 0 Å². The first-order chi connectivity index (χ1) is 8.04. The van der Waals surface area contributed by atoms with Gasteiger partial charge in [0.2, 0.25) is 0 Å². The minimum Gasteiger partial charge on any atom is -0.330 e. The topological polar surface area (TPSA) is 38.9 Å². The highest BCUT2D eigenvalue weighted by Crippen LogP contribution is 2.35. The number of rotatable bonds is 4. The molecular formula is C13H18N2S2. The van der Waals surface area contributed by atoms with Gasteiger partial charge >= 0.3 is 0 Å². The summed E-state index contributed by atoms with van der Waals surface area (Å²) in [5, 5.41) is 5.43. The van der Waals surface area contributed by atoms with Crippen LogP contribution in [0.4, 0.5) is 0 Å². The van der Waals surface area contributed by atoms with Crippen molar-refractivity contribution in [1.29, 1.82) is 0 Å². The van der Waals surface area contributed by atoms with E-state index >= 15 is 0 Å². The van der Waals surface area contributed by atoms with Crippen molar-refractivity contribution in [1.82, 2.24) is 4.98 Å². The number of nitrogens with zero attached hydrogens (tertiary/aromatic N) is 1. The Hall–Kier alpha value is -0.710. The van der Waals surface area contributed by atoms with Crippen LogP contribution >= 0.6 is 22.7 Å². The zero-order chi connectivity index (χ0) is 12.5. The highest BCUT2D eigenvalue weighted by molar-refractivity contribution is 7.20. The molecule has 0 amide bonds. The van der Waals surface area contributed by atoms with Gasteiger partial charge in [0.05, 0.1) is 10.6 Å². The second kappa shape index (κ2) is 4.88. The zero-order valence-electron chi connectivity index (χ0n) is 10.5. The molecule has 0 aliphatic carbocycles. The molecule has 17 heavy (non-hydrogen) atoms. The van der Waals surface area contributed by atoms with Crippen LogP contribution in [0.25, 0.3) is 9.88 Å². The molecule has 92 valence electrons. The summed E-state index contributed by atoms with van der Waals surface area (Å²) in [6.45, 7) is 7.26. The fraction of sp³-hybridized carbons (Fsp3) is 0.462. The summed E-state index contributed by atoms with van der Waals surface area (Å²) < 4.78 is 0. The average Bonchev–Trinajstić information content (AvgIpc) is 2.85. The molecule has 2 N–H and O–H groups in total. The molecule has 0 aliphatic heterocycles. The van der Waals surface area contributed by atoms with E-state index in [-0.39, 0.29) is 5.41 Å². The minimum atomic E-state index is 0.0780. The summed E-state index contributed by atoms with van der Waals surface area (Å²) >= 11 is 3.50. The third-order valence-electron chi connectivity index (χ3n) is 3.02. The fourth-order valence-corrected chi connectivity index (χ4v) is 3.88. The first-order valence-corrected chi connectivity index (χ1v) is 7.51. The Labute approximate surface area is 111 Å². The first-order valence-electron chi connectivity index (χ1n) is 5.75. The Morgan fingerprint density at radius 2 is 2.12 bits per heavy atom. The smallest absolute Gasteiger partial charge is 0.133 e. The summed E-state index contributed by atoms with van der Waals surface area (Å²) in [6.07, 6.45) is 0.972. The monoisotopic (exact) mass is 266 g/mol. The molecule has 0 saturated carbocycles. The van der Waals surface area contributed by atoms with Crippen LogP contribution in [-0.4, -0.2) is 11.5 Å². The van der Waals surface area contributed by atoms with Crippen LogP contribution in [0.15, 0.2) is 16.8 Å². The average molecular weight is 266 g/mol. The number of thiazole rings is 1. The summed E-state index contributed by atoms with van der Waals surface area (Å²) in [7, 11) is 0. The van der Waals surface area contributed by atoms with E-state index in [1.807, 2.05) is 0 Å². The quantitative estimate of drug-likeness (QED) is 0.914. The van der Waals surface area contributed by atoms with Gasteiger partial charge < -0.3 is 5.73 Å². The molecule has 0 unspecified atom stereocenters. The molecule has 2 rings (SSSR count). The summed E-state index contributed by atoms with van der Waals surface area (Å²) in [6, 6.07) is 2.14. The van der Waals surface area contributed by atoms with E-state index < -0.39 is 0 Å². The Bertz CT molecular complexity index is 497. The highest BCUT2D eigenvalue weighted by atomic mass is 32.1. The minimum absolute atomic E-state index is 0.0780. The molecule has 2 aromatic rings. The molecule has 0 atom stereocenters. The number of aryl methyl sites for hydroxylation is 1. The van der Waals surface area contributed by atoms with Crippen LogP contribution in [0.1, 0.15) is 31.5 Å². The summed E-state index contributed by atoms with van der Waals surface area (Å²) in [4.78, 5) is 6.07. The maximum absolute atomic E-state index is 5.66. The lowest BCUT2D eigenvalue weighted by molar-refractivity contribution is 0.476. The molecule has 2 heterocycles. The van der Waals surface area contributed by atoms with Gasteiger partial charge in [-0.15, -0.1) is 22.7 Å². The van der Waals surface area contributed by atoms with Crippen LogP contribution in [-0.2, 0) is 5.41 Å². The lowest BCUT2D eigenvalue weighted by atomic mass is 9.86. The van der Waals surface area contributed by atoms with Crippen molar-refractivity contribution >= 4 is 22.7 Å². The predicted molar refractivity (Wildman–Crippen MR) is 76.9 cm³/mol. The molecule has 2 aromatic heterocycles. The second-order valence-corrected chi connectivity index (χ2v) is 6.67. The highest BCUT2D eigenvalue weighted by Gasteiger charge is 2.23. The van der Waals surface area contributed by atoms with Gasteiger partial charge in [-0.2, -0.15) is 0 Å². The Balaban J connectivity index is 2.31. The van der Waals surface area contributed by atoms with Crippen molar-refractivity contribution in [3.8, 4) is 9.88 Å². The Morgan fingerprint density at radius 3 is 2.71 bits per heavy atom. The molecule has 4 heteroatoms. The van der Waals surface area contributed by atoms with Gasteiger partial charge in [0.1, 0.15) is 5.01 Å². The first kappa shape index (κ1) is 12.7. The third kappa shape index (κ3) is 2.59. The van der Waals surface area contributed by atoms with Gasteiger partial charge in [-0.25, -0.2) is 4.98 Å². The molecule has 0 radical (unpaired) electrons. The Morgan fingerprint density at radius 1 is 1.35 bits per heavy atom. The molecule has 0 aromatic carbocycles. The summed E-state index contributed by atoms with van der Waals surface area (Å²) in [5.74, 6) is 0. The van der Waals surface area contributed by atoms with Gasteiger partial charge in [-0.3, -0.25) is 0 Å². The van der Waals surface area contributed by atoms with Crippen molar-refractivity contribution in [3.63, 3.8) is 0 Å². The largest absolute Gasteiger partial charge is 0.330 e. The maximum Gasteiger partial charge on any atom is 0.133 e. The number of hydrogen-bond acceptors (Lipinski definition) is 4. The van der Waals surface area contributed by atoms with Gasteiger partial charge in [0.15, 0.2) is 0 Å². The van der Waals surface area contributed by atoms with Crippen molar-refractivity contribution < 1.29 is 0 Å². The number of aromatic nitrogens is 1. The van der Waals surface area contributed by atoms with Crippen molar-refractivity contribution in [2.45, 2.75) is 32.6 Å². The van der Waals surface area contributed by atoms with E-state index in [0.717, 1.165) is 17.1 Å². The summed E-state index contributed by atoms with van der Waals surface area (Å²) in [5.41, 5.74) is 8.21. The lowest BCUT2D eigenvalue weighted by Crippen LogP contribution is -2.22. The maximum atomic E-state index is 5.66. The van der Waals surface area contributed by atoms with Crippen molar-refractivity contribution in [3.05, 3.63) is 28.1 Å². The van der Waals surface area contributed by atoms with Crippen LogP contribution in [0.3, 0.4) is 0 Å². The number of thiophene rings is 1. The van der Waals surface area contributed by atoms with E-state index in [9.17, 15) is 0 Å². The standard InChI is InChI=1S/C13H18N2S2/c1-9-4-7-16-11(9)12-15-10(8-17-12)13(2,3)5-6-14/h4,7-8H,5-6,14H2,1-3H3. The van der Waals surface area contributed by atoms with E-state index in [4.69, 9.17) is 10.7 Å². The second-order valence-electron chi connectivity index (χ2n) is 4.89. The third-order valence-corrected chi connectivity index (χ3v) is 5.04. The Kier molecular flexibility index (Phi) is 3.66. The van der Waals surface area contributed by atoms with E-state index in [1.54, 1.807) is 22.7 Å². The van der Waals surface area contributed by atoms with Crippen molar-refractivity contribution in [2.75, 3.05) is 6.54 Å². The molecule has 0 aliphatic rings. The van der Waals surface area contributed by atoms with E-state index in [2.05, 4.69) is 37.6 Å². The number of hydrogen-bond donors (Lipinski definition) is 1. The molecule has 0 bridgehead atoms. The van der Waals surface area contributed by atoms with E-state index in [1.165, 1.54) is 10.4 Å². The SMILES string of the molecule is Cc1ccsc1-c1nc(C(C)(C)CCN)cs1. The fourth-order valence-electron chi connectivity index (χ4n) is 1.77. The van der Waals surface area contributed by atoms with E-state index in [0.29, 0.717) is 6.54 Å². The van der Waals surface area contributed by atoms with Crippen LogP contribution < -0.4 is 5.73 Å².